The molecule has 1 heterocycles. The number of hydrogen-bond donors (Lipinski definition) is 1. The van der Waals surface area contributed by atoms with Crippen LogP contribution in [0.1, 0.15) is 11.1 Å². The van der Waals surface area contributed by atoms with Crippen molar-refractivity contribution in [3.8, 4) is 66.8 Å². The van der Waals surface area contributed by atoms with Crippen molar-refractivity contribution >= 4 is 46.6 Å². The van der Waals surface area contributed by atoms with E-state index < -0.39 is 0 Å². The summed E-state index contributed by atoms with van der Waals surface area (Å²) in [6.07, 6.45) is 0. The van der Waals surface area contributed by atoms with Gasteiger partial charge in [0.25, 0.3) is 0 Å². The van der Waals surface area contributed by atoms with Crippen molar-refractivity contribution in [2.75, 3.05) is 10.2 Å². The standard InChI is InChI=1S/C62H47BN2/c1-42-16-15-17-43(2)61(42)52-39-56(55-38-50(46-22-11-5-12-23-46)30-36-58(55)64-53-32-26-48(27-33-53)44-18-7-3-8-19-44)62-60(41-52)65(54-34-28-49(29-35-54)45-20-9-4-10-21-45)59-37-31-51(40-57(59)63-62)47-24-13-6-14-25-47/h3-41,63-64H,1-2H3. The van der Waals surface area contributed by atoms with Crippen LogP contribution in [0.4, 0.5) is 28.4 Å². The van der Waals surface area contributed by atoms with Crippen molar-refractivity contribution in [3.05, 3.63) is 248 Å². The molecule has 0 radical (unpaired) electrons. The molecule has 1 aliphatic rings. The fourth-order valence-corrected chi connectivity index (χ4v) is 9.70. The first-order valence-corrected chi connectivity index (χ1v) is 22.5. The largest absolute Gasteiger partial charge is 0.355 e. The van der Waals surface area contributed by atoms with Crippen LogP contribution in [0.5, 0.6) is 0 Å². The second-order valence-corrected chi connectivity index (χ2v) is 17.1. The molecule has 10 aromatic carbocycles. The lowest BCUT2D eigenvalue weighted by Gasteiger charge is -2.36. The van der Waals surface area contributed by atoms with Gasteiger partial charge >= 0.3 is 0 Å². The molecule has 0 amide bonds. The Hall–Kier alpha value is -8.14. The molecule has 1 N–H and O–H groups in total. The van der Waals surface area contributed by atoms with Crippen LogP contribution in [0.2, 0.25) is 0 Å². The highest BCUT2D eigenvalue weighted by Gasteiger charge is 2.30. The molecule has 10 aromatic rings. The van der Waals surface area contributed by atoms with Crippen molar-refractivity contribution in [1.29, 1.82) is 0 Å². The van der Waals surface area contributed by atoms with E-state index in [0.29, 0.717) is 0 Å². The van der Waals surface area contributed by atoms with Crippen molar-refractivity contribution in [2.45, 2.75) is 13.8 Å². The zero-order valence-electron chi connectivity index (χ0n) is 36.7. The first-order valence-electron chi connectivity index (χ1n) is 22.5. The van der Waals surface area contributed by atoms with Gasteiger partial charge in [0.15, 0.2) is 7.28 Å². The lowest BCUT2D eigenvalue weighted by atomic mass is 9.57. The zero-order valence-corrected chi connectivity index (χ0v) is 36.7. The molecule has 0 fully saturated rings. The minimum Gasteiger partial charge on any atom is -0.355 e. The lowest BCUT2D eigenvalue weighted by molar-refractivity contribution is 1.29. The smallest absolute Gasteiger partial charge is 0.198 e. The first kappa shape index (κ1) is 39.7. The maximum atomic E-state index is 3.92. The molecule has 3 heteroatoms. The van der Waals surface area contributed by atoms with E-state index in [2.05, 4.69) is 261 Å². The predicted octanol–water partition coefficient (Wildman–Crippen LogP) is 15.2. The number of anilines is 5. The van der Waals surface area contributed by atoms with Gasteiger partial charge in [-0.15, -0.1) is 0 Å². The molecule has 0 saturated carbocycles. The Kier molecular flexibility index (Phi) is 10.5. The van der Waals surface area contributed by atoms with Crippen LogP contribution in [0.15, 0.2) is 237 Å². The fraction of sp³-hybridized carbons (Fsp3) is 0.0323. The van der Waals surface area contributed by atoms with E-state index >= 15 is 0 Å². The summed E-state index contributed by atoms with van der Waals surface area (Å²) in [4.78, 5) is 2.51. The highest BCUT2D eigenvalue weighted by Crippen LogP contribution is 2.44. The van der Waals surface area contributed by atoms with E-state index in [9.17, 15) is 0 Å². The average Bonchev–Trinajstić information content (AvgIpc) is 3.37. The average molecular weight is 831 g/mol. The molecular formula is C62H47BN2. The summed E-state index contributed by atoms with van der Waals surface area (Å²) in [5, 5.41) is 3.92. The zero-order chi connectivity index (χ0) is 43.7. The summed E-state index contributed by atoms with van der Waals surface area (Å²) in [5.41, 5.74) is 25.1. The molecular weight excluding hydrogens is 784 g/mol. The second kappa shape index (κ2) is 17.2. The third-order valence-corrected chi connectivity index (χ3v) is 13.0. The number of aryl methyl sites for hydroxylation is 2. The topological polar surface area (TPSA) is 15.3 Å². The summed E-state index contributed by atoms with van der Waals surface area (Å²) in [6, 6.07) is 86.2. The summed E-state index contributed by atoms with van der Waals surface area (Å²) >= 11 is 0. The summed E-state index contributed by atoms with van der Waals surface area (Å²) in [6.45, 7) is 4.48. The normalized spacial score (nSPS) is 11.6. The highest BCUT2D eigenvalue weighted by molar-refractivity contribution is 6.73. The Morgan fingerprint density at radius 3 is 1.38 bits per heavy atom. The van der Waals surface area contributed by atoms with Crippen molar-refractivity contribution in [3.63, 3.8) is 0 Å². The van der Waals surface area contributed by atoms with Crippen LogP contribution >= 0.6 is 0 Å². The molecule has 0 bridgehead atoms. The maximum absolute atomic E-state index is 3.92. The van der Waals surface area contributed by atoms with Crippen LogP contribution in [-0.4, -0.2) is 7.28 Å². The van der Waals surface area contributed by atoms with Gasteiger partial charge in [0.1, 0.15) is 0 Å². The number of rotatable bonds is 9. The molecule has 11 rings (SSSR count). The molecule has 308 valence electrons. The molecule has 1 aliphatic heterocycles. The monoisotopic (exact) mass is 830 g/mol. The van der Waals surface area contributed by atoms with Gasteiger partial charge in [0, 0.05) is 34.0 Å². The quantitative estimate of drug-likeness (QED) is 0.146. The van der Waals surface area contributed by atoms with E-state index in [4.69, 9.17) is 0 Å². The Morgan fingerprint density at radius 2 is 0.815 bits per heavy atom. The fourth-order valence-electron chi connectivity index (χ4n) is 9.70. The minimum atomic E-state index is 0.771. The Labute approximate surface area is 383 Å². The molecule has 65 heavy (non-hydrogen) atoms. The number of benzene rings is 10. The predicted molar refractivity (Wildman–Crippen MR) is 279 cm³/mol. The van der Waals surface area contributed by atoms with E-state index in [1.165, 1.54) is 94.6 Å². The highest BCUT2D eigenvalue weighted by atomic mass is 15.1. The van der Waals surface area contributed by atoms with Gasteiger partial charge in [-0.25, -0.2) is 0 Å². The molecule has 2 nitrogen and oxygen atoms in total. The minimum absolute atomic E-state index is 0.771. The molecule has 0 atom stereocenters. The summed E-state index contributed by atoms with van der Waals surface area (Å²) < 4.78 is 0. The van der Waals surface area contributed by atoms with Gasteiger partial charge in [-0.3, -0.25) is 0 Å². The van der Waals surface area contributed by atoms with Crippen LogP contribution in [-0.2, 0) is 0 Å². The van der Waals surface area contributed by atoms with Crippen LogP contribution in [0, 0.1) is 13.8 Å². The maximum Gasteiger partial charge on any atom is 0.198 e. The van der Waals surface area contributed by atoms with Crippen LogP contribution in [0.3, 0.4) is 0 Å². The third-order valence-electron chi connectivity index (χ3n) is 13.0. The summed E-state index contributed by atoms with van der Waals surface area (Å²) in [5.74, 6) is 0. The molecule has 0 unspecified atom stereocenters. The Morgan fingerprint density at radius 1 is 0.354 bits per heavy atom. The van der Waals surface area contributed by atoms with E-state index in [-0.39, 0.29) is 0 Å². The Balaban J connectivity index is 1.15. The Bertz CT molecular complexity index is 3270. The number of hydrogen-bond acceptors (Lipinski definition) is 2. The van der Waals surface area contributed by atoms with Gasteiger partial charge in [0.05, 0.1) is 0 Å². The van der Waals surface area contributed by atoms with Gasteiger partial charge in [0.2, 0.25) is 0 Å². The third kappa shape index (κ3) is 7.83. The van der Waals surface area contributed by atoms with E-state index in [1.54, 1.807) is 0 Å². The van der Waals surface area contributed by atoms with E-state index in [1.807, 2.05) is 0 Å². The number of nitrogens with one attached hydrogen (secondary N) is 1. The van der Waals surface area contributed by atoms with Crippen molar-refractivity contribution in [2.24, 2.45) is 0 Å². The van der Waals surface area contributed by atoms with Gasteiger partial charge in [-0.05, 0) is 146 Å². The van der Waals surface area contributed by atoms with Gasteiger partial charge < -0.3 is 10.2 Å². The van der Waals surface area contributed by atoms with Gasteiger partial charge in [-0.2, -0.15) is 0 Å². The second-order valence-electron chi connectivity index (χ2n) is 17.1. The molecule has 0 saturated heterocycles. The van der Waals surface area contributed by atoms with Crippen molar-refractivity contribution < 1.29 is 0 Å². The SMILES string of the molecule is Cc1cccc(C)c1-c1cc(-c2cc(-c3ccccc3)ccc2Nc2ccc(-c3ccccc3)cc2)c2c(c1)N(c1ccc(-c3ccccc3)cc1)c1ccc(-c3ccccc3)cc1B2. The van der Waals surface area contributed by atoms with Gasteiger partial charge in [-0.1, -0.05) is 187 Å². The molecule has 0 aromatic heterocycles. The van der Waals surface area contributed by atoms with Crippen LogP contribution < -0.4 is 21.1 Å². The summed E-state index contributed by atoms with van der Waals surface area (Å²) in [7, 11) is 0.771. The van der Waals surface area contributed by atoms with E-state index in [0.717, 1.165) is 29.9 Å². The van der Waals surface area contributed by atoms with Crippen molar-refractivity contribution in [1.82, 2.24) is 0 Å². The molecule has 0 aliphatic carbocycles. The number of fused-ring (bicyclic) bond motifs is 2. The molecule has 0 spiro atoms. The van der Waals surface area contributed by atoms with Crippen LogP contribution in [0.25, 0.3) is 66.8 Å². The number of nitrogens with zero attached hydrogens (tertiary/aromatic N) is 1. The lowest BCUT2D eigenvalue weighted by Crippen LogP contribution is -2.41. The first-order chi connectivity index (χ1) is 32.0.